The van der Waals surface area contributed by atoms with Gasteiger partial charge in [0.2, 0.25) is 0 Å². The predicted molar refractivity (Wildman–Crippen MR) is 129 cm³/mol. The Balaban J connectivity index is 0.000000178. The molecule has 0 saturated carbocycles. The molecule has 0 heterocycles. The fourth-order valence-corrected chi connectivity index (χ4v) is 5.09. The summed E-state index contributed by atoms with van der Waals surface area (Å²) in [6.07, 6.45) is 12.5. The maximum Gasteiger partial charge on any atom is 0.0152 e. The van der Waals surface area contributed by atoms with E-state index in [2.05, 4.69) is 111 Å². The van der Waals surface area contributed by atoms with Crippen LogP contribution >= 0.6 is 0 Å². The lowest BCUT2D eigenvalue weighted by molar-refractivity contribution is 0.675. The van der Waals surface area contributed by atoms with Crippen LogP contribution in [0.15, 0.2) is 91.0 Å². The molecule has 3 aromatic carbocycles. The molecular formula is C30H28. The minimum atomic E-state index is 0.0687. The van der Waals surface area contributed by atoms with E-state index in [1.165, 1.54) is 44.5 Å². The maximum absolute atomic E-state index is 2.42. The third kappa shape index (κ3) is 3.27. The van der Waals surface area contributed by atoms with Crippen LogP contribution in [-0.2, 0) is 19.3 Å². The highest BCUT2D eigenvalue weighted by Gasteiger charge is 2.34. The standard InChI is InChI=1S/C21H20.C9H8/c1-21(2,19-13-11-15-7-3-5-9-17(15)19)20-14-12-16-8-4-6-10-18(16)20;1-2-5-9-7-3-6-8(9)4-1/h3-10,13-14H,11-12H2,1-2H3;1-6H,7H2. The van der Waals surface area contributed by atoms with Gasteiger partial charge in [-0.3, -0.25) is 0 Å². The van der Waals surface area contributed by atoms with Crippen LogP contribution in [0.4, 0.5) is 0 Å². The molecule has 148 valence electrons. The zero-order valence-electron chi connectivity index (χ0n) is 17.9. The molecule has 0 saturated heterocycles. The van der Waals surface area contributed by atoms with Crippen molar-refractivity contribution >= 4 is 17.2 Å². The summed E-state index contributed by atoms with van der Waals surface area (Å²) in [5.41, 5.74) is 11.7. The van der Waals surface area contributed by atoms with Crippen LogP contribution in [0, 0.1) is 5.41 Å². The largest absolute Gasteiger partial charge is 0.0795 e. The molecule has 0 spiro atoms. The quantitative estimate of drug-likeness (QED) is 0.425. The summed E-state index contributed by atoms with van der Waals surface area (Å²) in [5, 5.41) is 0. The lowest BCUT2D eigenvalue weighted by Crippen LogP contribution is -2.15. The third-order valence-electron chi connectivity index (χ3n) is 6.70. The van der Waals surface area contributed by atoms with Gasteiger partial charge in [0, 0.05) is 5.41 Å². The van der Waals surface area contributed by atoms with Crippen molar-refractivity contribution in [2.45, 2.75) is 33.1 Å². The average Bonchev–Trinajstić information content (AvgIpc) is 3.51. The molecule has 3 aliphatic rings. The Morgan fingerprint density at radius 2 is 1.07 bits per heavy atom. The van der Waals surface area contributed by atoms with Crippen molar-refractivity contribution in [3.8, 4) is 0 Å². The average molecular weight is 389 g/mol. The van der Waals surface area contributed by atoms with Gasteiger partial charge in [-0.25, -0.2) is 0 Å². The van der Waals surface area contributed by atoms with E-state index < -0.39 is 0 Å². The number of rotatable bonds is 2. The van der Waals surface area contributed by atoms with Gasteiger partial charge >= 0.3 is 0 Å². The van der Waals surface area contributed by atoms with Crippen LogP contribution in [0.5, 0.6) is 0 Å². The molecule has 30 heavy (non-hydrogen) atoms. The molecule has 0 atom stereocenters. The highest BCUT2D eigenvalue weighted by molar-refractivity contribution is 5.90. The molecule has 3 aliphatic carbocycles. The summed E-state index contributed by atoms with van der Waals surface area (Å²) in [6.45, 7) is 4.74. The maximum atomic E-state index is 2.42. The van der Waals surface area contributed by atoms with Crippen molar-refractivity contribution in [3.05, 3.63) is 124 Å². The Bertz CT molecular complexity index is 1120. The fourth-order valence-electron chi connectivity index (χ4n) is 5.09. The summed E-state index contributed by atoms with van der Waals surface area (Å²) in [5.74, 6) is 0. The van der Waals surface area contributed by atoms with Crippen LogP contribution in [-0.4, -0.2) is 0 Å². The Labute approximate surface area is 180 Å². The fraction of sp³-hybridized carbons (Fsp3) is 0.200. The second-order valence-electron chi connectivity index (χ2n) is 8.89. The Morgan fingerprint density at radius 1 is 0.567 bits per heavy atom. The second-order valence-corrected chi connectivity index (χ2v) is 8.89. The summed E-state index contributed by atoms with van der Waals surface area (Å²) < 4.78 is 0. The third-order valence-corrected chi connectivity index (χ3v) is 6.70. The highest BCUT2D eigenvalue weighted by Crippen LogP contribution is 2.50. The molecule has 3 aromatic rings. The molecule has 0 nitrogen and oxygen atoms in total. The first-order chi connectivity index (χ1) is 14.6. The van der Waals surface area contributed by atoms with E-state index in [9.17, 15) is 0 Å². The van der Waals surface area contributed by atoms with E-state index in [1.54, 1.807) is 0 Å². The Morgan fingerprint density at radius 3 is 1.63 bits per heavy atom. The van der Waals surface area contributed by atoms with Crippen molar-refractivity contribution in [2.24, 2.45) is 5.41 Å². The summed E-state index contributed by atoms with van der Waals surface area (Å²) >= 11 is 0. The van der Waals surface area contributed by atoms with Crippen LogP contribution in [0.3, 0.4) is 0 Å². The Kier molecular flexibility index (Phi) is 4.79. The first kappa shape index (κ1) is 18.9. The van der Waals surface area contributed by atoms with Gasteiger partial charge < -0.3 is 0 Å². The van der Waals surface area contributed by atoms with E-state index in [-0.39, 0.29) is 5.41 Å². The van der Waals surface area contributed by atoms with Crippen molar-refractivity contribution in [1.29, 1.82) is 0 Å². The topological polar surface area (TPSA) is 0 Å². The van der Waals surface area contributed by atoms with Crippen LogP contribution in [0.1, 0.15) is 47.2 Å². The van der Waals surface area contributed by atoms with E-state index in [4.69, 9.17) is 0 Å². The Hall–Kier alpha value is -3.12. The van der Waals surface area contributed by atoms with Gasteiger partial charge in [-0.1, -0.05) is 111 Å². The molecular weight excluding hydrogens is 360 g/mol. The smallest absolute Gasteiger partial charge is 0.0152 e. The van der Waals surface area contributed by atoms with Gasteiger partial charge in [-0.15, -0.1) is 0 Å². The SMILES string of the molecule is C1=Cc2ccccc2C1.CC(C)(C1=CCc2ccccc21)C1=CCc2ccccc21. The van der Waals surface area contributed by atoms with Crippen molar-refractivity contribution in [3.63, 3.8) is 0 Å². The minimum Gasteiger partial charge on any atom is -0.0795 e. The van der Waals surface area contributed by atoms with Gasteiger partial charge in [-0.05, 0) is 63.8 Å². The highest BCUT2D eigenvalue weighted by atomic mass is 14.4. The number of allylic oxidation sites excluding steroid dienone is 5. The molecule has 0 unspecified atom stereocenters. The van der Waals surface area contributed by atoms with Crippen molar-refractivity contribution < 1.29 is 0 Å². The molecule has 0 amide bonds. The van der Waals surface area contributed by atoms with Gasteiger partial charge in [0.05, 0.1) is 0 Å². The first-order valence-electron chi connectivity index (χ1n) is 11.0. The van der Waals surface area contributed by atoms with E-state index in [1.807, 2.05) is 0 Å². The number of hydrogen-bond acceptors (Lipinski definition) is 0. The zero-order valence-corrected chi connectivity index (χ0v) is 17.9. The zero-order chi connectivity index (χ0) is 20.6. The predicted octanol–water partition coefficient (Wildman–Crippen LogP) is 7.55. The number of benzene rings is 3. The van der Waals surface area contributed by atoms with Gasteiger partial charge in [0.1, 0.15) is 0 Å². The van der Waals surface area contributed by atoms with E-state index in [0.717, 1.165) is 19.3 Å². The number of hydrogen-bond donors (Lipinski definition) is 0. The second kappa shape index (κ2) is 7.61. The lowest BCUT2D eigenvalue weighted by Gasteiger charge is -2.30. The lowest BCUT2D eigenvalue weighted by atomic mass is 9.73. The first-order valence-corrected chi connectivity index (χ1v) is 11.0. The normalized spacial score (nSPS) is 15.5. The van der Waals surface area contributed by atoms with Gasteiger partial charge in [-0.2, -0.15) is 0 Å². The summed E-state index contributed by atoms with van der Waals surface area (Å²) in [7, 11) is 0. The van der Waals surface area contributed by atoms with Crippen molar-refractivity contribution in [2.75, 3.05) is 0 Å². The van der Waals surface area contributed by atoms with E-state index in [0.29, 0.717) is 0 Å². The van der Waals surface area contributed by atoms with Crippen molar-refractivity contribution in [1.82, 2.24) is 0 Å². The molecule has 0 bridgehead atoms. The molecule has 0 N–H and O–H groups in total. The van der Waals surface area contributed by atoms with Crippen LogP contribution < -0.4 is 0 Å². The molecule has 0 fully saturated rings. The monoisotopic (exact) mass is 388 g/mol. The summed E-state index contributed by atoms with van der Waals surface area (Å²) in [6, 6.07) is 26.2. The van der Waals surface area contributed by atoms with Crippen LogP contribution in [0.2, 0.25) is 0 Å². The minimum absolute atomic E-state index is 0.0687. The molecule has 0 aliphatic heterocycles. The van der Waals surface area contributed by atoms with Gasteiger partial charge in [0.25, 0.3) is 0 Å². The number of fused-ring (bicyclic) bond motifs is 3. The molecule has 0 heteroatoms. The molecule has 0 aromatic heterocycles. The molecule has 6 rings (SSSR count). The summed E-state index contributed by atoms with van der Waals surface area (Å²) in [4.78, 5) is 0. The van der Waals surface area contributed by atoms with Crippen LogP contribution in [0.25, 0.3) is 17.2 Å². The van der Waals surface area contributed by atoms with Gasteiger partial charge in [0.15, 0.2) is 0 Å². The van der Waals surface area contributed by atoms with E-state index >= 15 is 0 Å². The molecule has 0 radical (unpaired) electrons.